The summed E-state index contributed by atoms with van der Waals surface area (Å²) in [7, 11) is 1.61. The Morgan fingerprint density at radius 2 is 1.96 bits per heavy atom. The van der Waals surface area contributed by atoms with Crippen molar-refractivity contribution in [2.45, 2.75) is 20.8 Å². The molecule has 1 aliphatic heterocycles. The minimum atomic E-state index is -0.158. The first-order valence-electron chi connectivity index (χ1n) is 9.07. The Bertz CT molecular complexity index is 951. The molecule has 6 heteroatoms. The normalized spacial score (nSPS) is 15.4. The van der Waals surface area contributed by atoms with Gasteiger partial charge in [-0.1, -0.05) is 41.9 Å². The van der Waals surface area contributed by atoms with Crippen molar-refractivity contribution in [3.63, 3.8) is 0 Å². The molecule has 0 radical (unpaired) electrons. The summed E-state index contributed by atoms with van der Waals surface area (Å²) in [5.74, 6) is 1.59. The second-order valence-corrected chi connectivity index (χ2v) is 7.87. The number of benzene rings is 2. The number of ether oxygens (including phenoxy) is 2. The summed E-state index contributed by atoms with van der Waals surface area (Å²) in [4.78, 5) is 12.9. The van der Waals surface area contributed by atoms with E-state index in [1.807, 2.05) is 55.5 Å². The van der Waals surface area contributed by atoms with Gasteiger partial charge in [-0.15, -0.1) is 0 Å². The number of carbonyl (C=O) groups is 1. The van der Waals surface area contributed by atoms with E-state index in [2.05, 4.69) is 34.9 Å². The average Bonchev–Trinajstić information content (AvgIpc) is 2.95. The van der Waals surface area contributed by atoms with Crippen LogP contribution in [0.1, 0.15) is 26.3 Å². The van der Waals surface area contributed by atoms with Gasteiger partial charge in [0.1, 0.15) is 0 Å². The van der Waals surface area contributed by atoms with Gasteiger partial charge < -0.3 is 9.47 Å². The largest absolute Gasteiger partial charge is 0.493 e. The molecular formula is C22H23BrN2O3. The van der Waals surface area contributed by atoms with E-state index in [1.54, 1.807) is 7.11 Å². The highest BCUT2D eigenvalue weighted by atomic mass is 79.9. The Labute approximate surface area is 173 Å². The van der Waals surface area contributed by atoms with Gasteiger partial charge in [0.05, 0.1) is 30.7 Å². The zero-order valence-corrected chi connectivity index (χ0v) is 18.0. The fraction of sp³-hybridized carbons (Fsp3) is 0.273. The van der Waals surface area contributed by atoms with Crippen LogP contribution in [0.15, 0.2) is 57.6 Å². The van der Waals surface area contributed by atoms with Crippen LogP contribution in [0, 0.1) is 5.92 Å². The standard InChI is InChI=1S/C22H23BrN2O3/c1-14(2)13-28-20-9-8-16(11-21(20)27-4)10-19-15(3)24-25(22(19)26)18-7-5-6-17(23)12-18/h5-12,14H,13H2,1-4H3/b19-10+. The van der Waals surface area contributed by atoms with Crippen LogP contribution in [-0.4, -0.2) is 25.3 Å². The van der Waals surface area contributed by atoms with E-state index in [4.69, 9.17) is 9.47 Å². The summed E-state index contributed by atoms with van der Waals surface area (Å²) in [6.45, 7) is 6.63. The Kier molecular flexibility index (Phi) is 6.19. The van der Waals surface area contributed by atoms with Crippen molar-refractivity contribution in [3.8, 4) is 11.5 Å². The van der Waals surface area contributed by atoms with E-state index in [0.717, 1.165) is 15.7 Å². The number of nitrogens with zero attached hydrogens (tertiary/aromatic N) is 2. The maximum absolute atomic E-state index is 12.9. The second-order valence-electron chi connectivity index (χ2n) is 6.96. The van der Waals surface area contributed by atoms with Crippen LogP contribution >= 0.6 is 15.9 Å². The SMILES string of the molecule is COc1cc(/C=C2/C(=O)N(c3cccc(Br)c3)N=C2C)ccc1OCC(C)C. The predicted molar refractivity (Wildman–Crippen MR) is 116 cm³/mol. The number of hydrazone groups is 1. The van der Waals surface area contributed by atoms with Crippen molar-refractivity contribution in [1.29, 1.82) is 0 Å². The van der Waals surface area contributed by atoms with E-state index in [9.17, 15) is 4.79 Å². The van der Waals surface area contributed by atoms with Gasteiger partial charge in [0, 0.05) is 4.47 Å². The van der Waals surface area contributed by atoms with E-state index in [0.29, 0.717) is 35.3 Å². The molecule has 0 spiro atoms. The summed E-state index contributed by atoms with van der Waals surface area (Å²) in [6, 6.07) is 13.1. The molecule has 28 heavy (non-hydrogen) atoms. The van der Waals surface area contributed by atoms with E-state index < -0.39 is 0 Å². The summed E-state index contributed by atoms with van der Waals surface area (Å²) in [6.07, 6.45) is 1.83. The zero-order valence-electron chi connectivity index (χ0n) is 16.4. The lowest BCUT2D eigenvalue weighted by atomic mass is 10.1. The number of halogens is 1. The zero-order chi connectivity index (χ0) is 20.3. The van der Waals surface area contributed by atoms with Crippen molar-refractivity contribution in [2.75, 3.05) is 18.7 Å². The molecule has 0 aromatic heterocycles. The van der Waals surface area contributed by atoms with Crippen LogP contribution in [0.25, 0.3) is 6.08 Å². The highest BCUT2D eigenvalue weighted by Gasteiger charge is 2.28. The molecule has 1 aliphatic rings. The highest BCUT2D eigenvalue weighted by Crippen LogP contribution is 2.31. The Morgan fingerprint density at radius 3 is 2.64 bits per heavy atom. The monoisotopic (exact) mass is 442 g/mol. The molecule has 146 valence electrons. The van der Waals surface area contributed by atoms with E-state index in [-0.39, 0.29) is 5.91 Å². The van der Waals surface area contributed by atoms with Crippen molar-refractivity contribution in [2.24, 2.45) is 11.0 Å². The quantitative estimate of drug-likeness (QED) is 0.570. The summed E-state index contributed by atoms with van der Waals surface area (Å²) >= 11 is 3.43. The molecule has 3 rings (SSSR count). The smallest absolute Gasteiger partial charge is 0.280 e. The summed E-state index contributed by atoms with van der Waals surface area (Å²) in [5, 5.41) is 5.84. The molecule has 5 nitrogen and oxygen atoms in total. The molecule has 0 N–H and O–H groups in total. The maximum Gasteiger partial charge on any atom is 0.280 e. The molecule has 0 saturated carbocycles. The Hall–Kier alpha value is -2.60. The molecule has 0 bridgehead atoms. The van der Waals surface area contributed by atoms with Gasteiger partial charge in [0.2, 0.25) is 0 Å². The van der Waals surface area contributed by atoms with Crippen LogP contribution in [0.3, 0.4) is 0 Å². The number of carbonyl (C=O) groups excluding carboxylic acids is 1. The third kappa shape index (κ3) is 4.44. The van der Waals surface area contributed by atoms with Crippen LogP contribution < -0.4 is 14.5 Å². The van der Waals surface area contributed by atoms with Gasteiger partial charge in [-0.3, -0.25) is 4.79 Å². The topological polar surface area (TPSA) is 51.1 Å². The lowest BCUT2D eigenvalue weighted by molar-refractivity contribution is -0.114. The minimum absolute atomic E-state index is 0.158. The minimum Gasteiger partial charge on any atom is -0.493 e. The fourth-order valence-corrected chi connectivity index (χ4v) is 3.17. The maximum atomic E-state index is 12.9. The molecule has 0 saturated heterocycles. The number of anilines is 1. The molecule has 0 atom stereocenters. The highest BCUT2D eigenvalue weighted by molar-refractivity contribution is 9.10. The molecule has 0 aliphatic carbocycles. The van der Waals surface area contributed by atoms with Gasteiger partial charge >= 0.3 is 0 Å². The summed E-state index contributed by atoms with van der Waals surface area (Å²) < 4.78 is 12.1. The number of hydrogen-bond donors (Lipinski definition) is 0. The van der Waals surface area contributed by atoms with E-state index >= 15 is 0 Å². The first-order chi connectivity index (χ1) is 13.4. The molecule has 1 amide bonds. The molecule has 2 aromatic rings. The fourth-order valence-electron chi connectivity index (χ4n) is 2.78. The van der Waals surface area contributed by atoms with Crippen molar-refractivity contribution >= 4 is 39.3 Å². The van der Waals surface area contributed by atoms with Gasteiger partial charge in [0.25, 0.3) is 5.91 Å². The van der Waals surface area contributed by atoms with Crippen LogP contribution in [-0.2, 0) is 4.79 Å². The molecule has 1 heterocycles. The number of amides is 1. The number of methoxy groups -OCH3 is 1. The van der Waals surface area contributed by atoms with Gasteiger partial charge in [-0.25, -0.2) is 0 Å². The molecule has 0 unspecified atom stereocenters. The summed E-state index contributed by atoms with van der Waals surface area (Å²) in [5.41, 5.74) is 2.79. The van der Waals surface area contributed by atoms with Crippen LogP contribution in [0.2, 0.25) is 0 Å². The lowest BCUT2D eigenvalue weighted by Crippen LogP contribution is -2.21. The average molecular weight is 443 g/mol. The van der Waals surface area contributed by atoms with Gasteiger partial charge in [-0.05, 0) is 54.8 Å². The van der Waals surface area contributed by atoms with Crippen LogP contribution in [0.5, 0.6) is 11.5 Å². The first kappa shape index (κ1) is 20.1. The second kappa shape index (κ2) is 8.61. The van der Waals surface area contributed by atoms with Crippen molar-refractivity contribution in [3.05, 3.63) is 58.1 Å². The van der Waals surface area contributed by atoms with E-state index in [1.165, 1.54) is 5.01 Å². The third-order valence-electron chi connectivity index (χ3n) is 4.19. The lowest BCUT2D eigenvalue weighted by Gasteiger charge is -2.13. The number of hydrogen-bond acceptors (Lipinski definition) is 4. The van der Waals surface area contributed by atoms with Crippen molar-refractivity contribution < 1.29 is 14.3 Å². The van der Waals surface area contributed by atoms with Gasteiger partial charge in [-0.2, -0.15) is 10.1 Å². The van der Waals surface area contributed by atoms with Crippen LogP contribution in [0.4, 0.5) is 5.69 Å². The van der Waals surface area contributed by atoms with Gasteiger partial charge in [0.15, 0.2) is 11.5 Å². The Morgan fingerprint density at radius 1 is 1.18 bits per heavy atom. The first-order valence-corrected chi connectivity index (χ1v) is 9.86. The predicted octanol–water partition coefficient (Wildman–Crippen LogP) is 5.30. The molecule has 0 fully saturated rings. The molecular weight excluding hydrogens is 420 g/mol. The van der Waals surface area contributed by atoms with Crippen molar-refractivity contribution in [1.82, 2.24) is 0 Å². The number of rotatable bonds is 6. The Balaban J connectivity index is 1.87. The third-order valence-corrected chi connectivity index (χ3v) is 4.68. The molecule has 2 aromatic carbocycles.